The Balaban J connectivity index is 1.23. The number of hydrogen-bond donors (Lipinski definition) is 0. The van der Waals surface area contributed by atoms with E-state index in [0.717, 1.165) is 64.2 Å². The maximum atomic E-state index is 6.65. The van der Waals surface area contributed by atoms with E-state index in [4.69, 9.17) is 14.2 Å². The maximum Gasteiger partial charge on any atom is 0.0797 e. The predicted molar refractivity (Wildman–Crippen MR) is 144 cm³/mol. The van der Waals surface area contributed by atoms with Gasteiger partial charge in [0, 0.05) is 12.8 Å². The van der Waals surface area contributed by atoms with Crippen molar-refractivity contribution in [3.63, 3.8) is 0 Å². The molecule has 3 nitrogen and oxygen atoms in total. The molecule has 0 N–H and O–H groups in total. The third kappa shape index (κ3) is 8.45. The van der Waals surface area contributed by atoms with Gasteiger partial charge in [-0.25, -0.2) is 0 Å². The van der Waals surface area contributed by atoms with Gasteiger partial charge in [-0.3, -0.25) is 0 Å². The van der Waals surface area contributed by atoms with Crippen LogP contribution in [0.1, 0.15) is 62.5 Å². The molecule has 0 amide bonds. The molecule has 188 valence electrons. The molecule has 0 radical (unpaired) electrons. The van der Waals surface area contributed by atoms with Crippen LogP contribution < -0.4 is 0 Å². The second-order valence-electron chi connectivity index (χ2n) is 10.2. The van der Waals surface area contributed by atoms with Gasteiger partial charge in [0.25, 0.3) is 0 Å². The Bertz CT molecular complexity index is 807. The molecule has 3 heteroatoms. The lowest BCUT2D eigenvalue weighted by Gasteiger charge is -2.36. The van der Waals surface area contributed by atoms with Crippen molar-refractivity contribution in [2.75, 3.05) is 0 Å². The minimum Gasteiger partial charge on any atom is -0.375 e. The quantitative estimate of drug-likeness (QED) is 0.303. The van der Waals surface area contributed by atoms with Crippen molar-refractivity contribution in [3.8, 4) is 0 Å². The van der Waals surface area contributed by atoms with E-state index in [2.05, 4.69) is 73.8 Å². The fraction of sp³-hybridized carbons (Fsp3) is 0.500. The molecule has 2 aromatic carbocycles. The van der Waals surface area contributed by atoms with Crippen LogP contribution in [0.5, 0.6) is 0 Å². The van der Waals surface area contributed by atoms with Crippen LogP contribution in [0, 0.1) is 0 Å². The van der Waals surface area contributed by atoms with Gasteiger partial charge in [0.05, 0.1) is 36.6 Å². The molecule has 0 aromatic heterocycles. The van der Waals surface area contributed by atoms with Crippen molar-refractivity contribution in [2.24, 2.45) is 0 Å². The zero-order chi connectivity index (χ0) is 24.3. The zero-order valence-corrected chi connectivity index (χ0v) is 21.1. The largest absolute Gasteiger partial charge is 0.375 e. The summed E-state index contributed by atoms with van der Waals surface area (Å²) < 4.78 is 19.6. The van der Waals surface area contributed by atoms with E-state index in [1.165, 1.54) is 11.1 Å². The SMILES string of the molecule is C=CC(Cc1ccccc1)O[C@@H]1CCC[C@H](O[C@H]2CCC[C@@H](OC(C=C)Cc3ccccc3)C2)C1. The van der Waals surface area contributed by atoms with Crippen molar-refractivity contribution >= 4 is 0 Å². The van der Waals surface area contributed by atoms with E-state index in [9.17, 15) is 0 Å². The number of rotatable bonds is 12. The highest BCUT2D eigenvalue weighted by Gasteiger charge is 2.30. The lowest BCUT2D eigenvalue weighted by Crippen LogP contribution is -2.37. The molecular weight excluding hydrogens is 432 g/mol. The van der Waals surface area contributed by atoms with Crippen LogP contribution in [0.2, 0.25) is 0 Å². The first kappa shape index (κ1) is 25.9. The maximum absolute atomic E-state index is 6.65. The average Bonchev–Trinajstić information content (AvgIpc) is 2.89. The molecule has 0 spiro atoms. The summed E-state index contributed by atoms with van der Waals surface area (Å²) in [6, 6.07) is 21.1. The normalized spacial score (nSPS) is 26.5. The Hall–Kier alpha value is -2.20. The minimum absolute atomic E-state index is 0.0501. The predicted octanol–water partition coefficient (Wildman–Crippen LogP) is 7.25. The Morgan fingerprint density at radius 3 is 1.43 bits per heavy atom. The van der Waals surface area contributed by atoms with E-state index in [1.807, 2.05) is 12.2 Å². The molecule has 0 aliphatic heterocycles. The first-order valence-corrected chi connectivity index (χ1v) is 13.5. The van der Waals surface area contributed by atoms with Gasteiger partial charge in [-0.15, -0.1) is 13.2 Å². The molecule has 6 atom stereocenters. The highest BCUT2D eigenvalue weighted by atomic mass is 16.5. The van der Waals surface area contributed by atoms with E-state index in [0.29, 0.717) is 0 Å². The van der Waals surface area contributed by atoms with Crippen LogP contribution in [0.4, 0.5) is 0 Å². The van der Waals surface area contributed by atoms with Crippen LogP contribution in [0.3, 0.4) is 0 Å². The van der Waals surface area contributed by atoms with Crippen molar-refractivity contribution in [1.29, 1.82) is 0 Å². The van der Waals surface area contributed by atoms with Gasteiger partial charge in [-0.2, -0.15) is 0 Å². The standard InChI is InChI=1S/C32H42O3/c1-3-27(21-25-13-7-5-8-14-25)33-29-17-11-19-31(23-29)35-32-20-12-18-30(24-32)34-28(4-2)22-26-15-9-6-10-16-26/h3-10,13-16,27-32H,1-2,11-12,17-24H2/t27?,28?,29-,30-,31+,32+/m1/s1. The van der Waals surface area contributed by atoms with Gasteiger partial charge < -0.3 is 14.2 Å². The van der Waals surface area contributed by atoms with E-state index < -0.39 is 0 Å². The lowest BCUT2D eigenvalue weighted by molar-refractivity contribution is -0.113. The van der Waals surface area contributed by atoms with E-state index >= 15 is 0 Å². The van der Waals surface area contributed by atoms with Gasteiger partial charge >= 0.3 is 0 Å². The monoisotopic (exact) mass is 474 g/mol. The van der Waals surface area contributed by atoms with Gasteiger partial charge in [0.1, 0.15) is 0 Å². The number of benzene rings is 2. The second-order valence-corrected chi connectivity index (χ2v) is 10.2. The van der Waals surface area contributed by atoms with Gasteiger partial charge in [0.2, 0.25) is 0 Å². The molecule has 2 aromatic rings. The molecule has 4 rings (SSSR count). The molecule has 2 aliphatic rings. The molecular formula is C32H42O3. The summed E-state index contributed by atoms with van der Waals surface area (Å²) in [7, 11) is 0. The topological polar surface area (TPSA) is 27.7 Å². The molecule has 35 heavy (non-hydrogen) atoms. The summed E-state index contributed by atoms with van der Waals surface area (Å²) in [5, 5.41) is 0. The fourth-order valence-corrected chi connectivity index (χ4v) is 5.53. The summed E-state index contributed by atoms with van der Waals surface area (Å²) in [5.41, 5.74) is 2.58. The molecule has 2 saturated carbocycles. The van der Waals surface area contributed by atoms with Crippen LogP contribution >= 0.6 is 0 Å². The molecule has 0 heterocycles. The Kier molecular flexibility index (Phi) is 10.2. The van der Waals surface area contributed by atoms with Crippen molar-refractivity contribution in [2.45, 2.75) is 101 Å². The highest BCUT2D eigenvalue weighted by molar-refractivity contribution is 5.17. The third-order valence-electron chi connectivity index (χ3n) is 7.36. The fourth-order valence-electron chi connectivity index (χ4n) is 5.53. The van der Waals surface area contributed by atoms with Crippen molar-refractivity contribution < 1.29 is 14.2 Å². The Morgan fingerprint density at radius 2 is 1.03 bits per heavy atom. The summed E-state index contributed by atoms with van der Waals surface area (Å²) >= 11 is 0. The average molecular weight is 475 g/mol. The van der Waals surface area contributed by atoms with Crippen LogP contribution in [-0.4, -0.2) is 36.6 Å². The summed E-state index contributed by atoms with van der Waals surface area (Å²) in [5.74, 6) is 0. The van der Waals surface area contributed by atoms with E-state index in [-0.39, 0.29) is 36.6 Å². The van der Waals surface area contributed by atoms with Gasteiger partial charge in [-0.1, -0.05) is 72.8 Å². The molecule has 2 unspecified atom stereocenters. The minimum atomic E-state index is 0.0501. The smallest absolute Gasteiger partial charge is 0.0797 e. The molecule has 0 saturated heterocycles. The highest BCUT2D eigenvalue weighted by Crippen LogP contribution is 2.31. The van der Waals surface area contributed by atoms with Crippen molar-refractivity contribution in [3.05, 3.63) is 97.1 Å². The second kappa shape index (κ2) is 13.8. The van der Waals surface area contributed by atoms with Crippen LogP contribution in [0.15, 0.2) is 86.0 Å². The zero-order valence-electron chi connectivity index (χ0n) is 21.1. The Labute approximate surface area is 212 Å². The molecule has 2 aliphatic carbocycles. The summed E-state index contributed by atoms with van der Waals surface area (Å²) in [6.45, 7) is 8.05. The summed E-state index contributed by atoms with van der Waals surface area (Å²) in [4.78, 5) is 0. The number of hydrogen-bond acceptors (Lipinski definition) is 3. The van der Waals surface area contributed by atoms with Gasteiger partial charge in [0.15, 0.2) is 0 Å². The lowest BCUT2D eigenvalue weighted by atomic mass is 9.91. The molecule has 0 bridgehead atoms. The Morgan fingerprint density at radius 1 is 0.629 bits per heavy atom. The van der Waals surface area contributed by atoms with Gasteiger partial charge in [-0.05, 0) is 62.5 Å². The number of ether oxygens (including phenoxy) is 3. The first-order valence-electron chi connectivity index (χ1n) is 13.5. The van der Waals surface area contributed by atoms with E-state index in [1.54, 1.807) is 0 Å². The molecule has 2 fully saturated rings. The van der Waals surface area contributed by atoms with Crippen molar-refractivity contribution in [1.82, 2.24) is 0 Å². The first-order chi connectivity index (χ1) is 17.2. The van der Waals surface area contributed by atoms with Crippen LogP contribution in [-0.2, 0) is 27.1 Å². The van der Waals surface area contributed by atoms with Crippen LogP contribution in [0.25, 0.3) is 0 Å². The third-order valence-corrected chi connectivity index (χ3v) is 7.36. The summed E-state index contributed by atoms with van der Waals surface area (Å²) in [6.07, 6.45) is 15.5.